The minimum absolute atomic E-state index is 0.0417. The summed E-state index contributed by atoms with van der Waals surface area (Å²) in [6.07, 6.45) is 1.73. The number of carboxylic acid groups (broad SMARTS) is 1. The van der Waals surface area contributed by atoms with Gasteiger partial charge in [0.1, 0.15) is 0 Å². The number of rotatable bonds is 7. The van der Waals surface area contributed by atoms with E-state index >= 15 is 0 Å². The zero-order chi connectivity index (χ0) is 13.8. The Kier molecular flexibility index (Phi) is 5.51. The molecule has 1 fully saturated rings. The fraction of sp³-hybridized carbons (Fsp3) is 0.900. The second-order valence-corrected chi connectivity index (χ2v) is 6.38. The van der Waals surface area contributed by atoms with Gasteiger partial charge in [0.25, 0.3) is 10.2 Å². The molecule has 1 atom stereocenters. The molecule has 2 N–H and O–H groups in total. The van der Waals surface area contributed by atoms with Crippen molar-refractivity contribution in [2.75, 3.05) is 26.7 Å². The molecule has 0 bridgehead atoms. The highest BCUT2D eigenvalue weighted by Crippen LogP contribution is 2.24. The molecule has 1 heterocycles. The fourth-order valence-corrected chi connectivity index (χ4v) is 3.73. The van der Waals surface area contributed by atoms with Gasteiger partial charge < -0.3 is 10.2 Å². The number of nitrogens with zero attached hydrogens (tertiary/aromatic N) is 2. The number of carboxylic acids is 1. The summed E-state index contributed by atoms with van der Waals surface area (Å²) < 4.78 is 26.8. The van der Waals surface area contributed by atoms with Gasteiger partial charge in [0.2, 0.25) is 0 Å². The molecule has 0 aromatic rings. The third kappa shape index (κ3) is 3.64. The van der Waals surface area contributed by atoms with E-state index in [0.717, 1.165) is 17.1 Å². The van der Waals surface area contributed by atoms with Crippen LogP contribution in [0.4, 0.5) is 0 Å². The van der Waals surface area contributed by atoms with Gasteiger partial charge in [-0.05, 0) is 19.3 Å². The standard InChI is InChI=1S/C10H20N2O5S/c1-11(7-4-10(14)15)18(16,17)12-6-2-3-9(12)5-8-13/h9,13H,2-8H2,1H3,(H,14,15). The molecule has 18 heavy (non-hydrogen) atoms. The number of aliphatic carboxylic acids is 1. The number of aliphatic hydroxyl groups excluding tert-OH is 1. The maximum Gasteiger partial charge on any atom is 0.304 e. The summed E-state index contributed by atoms with van der Waals surface area (Å²) in [7, 11) is -2.23. The molecule has 1 unspecified atom stereocenters. The highest BCUT2D eigenvalue weighted by atomic mass is 32.2. The van der Waals surface area contributed by atoms with Crippen molar-refractivity contribution in [3.63, 3.8) is 0 Å². The van der Waals surface area contributed by atoms with E-state index in [0.29, 0.717) is 13.0 Å². The summed E-state index contributed by atoms with van der Waals surface area (Å²) in [5.41, 5.74) is 0. The molecule has 0 aliphatic carbocycles. The Balaban J connectivity index is 2.69. The Hall–Kier alpha value is -0.700. The van der Waals surface area contributed by atoms with Crippen LogP contribution in [0, 0.1) is 0 Å². The van der Waals surface area contributed by atoms with E-state index in [1.54, 1.807) is 0 Å². The molecule has 106 valence electrons. The van der Waals surface area contributed by atoms with E-state index in [9.17, 15) is 13.2 Å². The molecule has 1 aliphatic rings. The van der Waals surface area contributed by atoms with Crippen molar-refractivity contribution in [3.05, 3.63) is 0 Å². The lowest BCUT2D eigenvalue weighted by molar-refractivity contribution is -0.137. The van der Waals surface area contributed by atoms with E-state index in [1.807, 2.05) is 0 Å². The Morgan fingerprint density at radius 1 is 1.50 bits per heavy atom. The van der Waals surface area contributed by atoms with Gasteiger partial charge in [0.05, 0.1) is 6.42 Å². The van der Waals surface area contributed by atoms with Crippen LogP contribution >= 0.6 is 0 Å². The summed E-state index contributed by atoms with van der Waals surface area (Å²) in [6, 6.07) is -0.174. The summed E-state index contributed by atoms with van der Waals surface area (Å²) in [6.45, 7) is 0.347. The maximum atomic E-state index is 12.2. The third-order valence-corrected chi connectivity index (χ3v) is 5.16. The maximum absolute atomic E-state index is 12.2. The quantitative estimate of drug-likeness (QED) is 0.654. The van der Waals surface area contributed by atoms with Crippen LogP contribution in [0.25, 0.3) is 0 Å². The second-order valence-electron chi connectivity index (χ2n) is 4.39. The van der Waals surface area contributed by atoms with Gasteiger partial charge in [-0.1, -0.05) is 0 Å². The third-order valence-electron chi connectivity index (χ3n) is 3.12. The normalized spacial score (nSPS) is 21.6. The minimum Gasteiger partial charge on any atom is -0.481 e. The second kappa shape index (κ2) is 6.46. The van der Waals surface area contributed by atoms with Crippen molar-refractivity contribution in [2.24, 2.45) is 0 Å². The van der Waals surface area contributed by atoms with Crippen molar-refractivity contribution < 1.29 is 23.4 Å². The lowest BCUT2D eigenvalue weighted by Gasteiger charge is -2.28. The molecule has 0 aromatic heterocycles. The minimum atomic E-state index is -3.61. The molecule has 1 rings (SSSR count). The van der Waals surface area contributed by atoms with Crippen molar-refractivity contribution in [3.8, 4) is 0 Å². The van der Waals surface area contributed by atoms with Gasteiger partial charge in [0.15, 0.2) is 0 Å². The first-order chi connectivity index (χ1) is 8.39. The summed E-state index contributed by atoms with van der Waals surface area (Å²) in [5.74, 6) is -1.02. The average molecular weight is 280 g/mol. The topological polar surface area (TPSA) is 98.2 Å². The lowest BCUT2D eigenvalue weighted by Crippen LogP contribution is -2.45. The Bertz CT molecular complexity index is 384. The largest absolute Gasteiger partial charge is 0.481 e. The Morgan fingerprint density at radius 2 is 2.17 bits per heavy atom. The molecule has 0 amide bonds. The molecule has 0 aromatic carbocycles. The van der Waals surface area contributed by atoms with E-state index in [-0.39, 0.29) is 25.6 Å². The van der Waals surface area contributed by atoms with Crippen LogP contribution in [0.1, 0.15) is 25.7 Å². The number of hydrogen-bond acceptors (Lipinski definition) is 4. The van der Waals surface area contributed by atoms with Crippen LogP contribution in [0.15, 0.2) is 0 Å². The highest BCUT2D eigenvalue weighted by molar-refractivity contribution is 7.86. The first kappa shape index (κ1) is 15.4. The SMILES string of the molecule is CN(CCC(=O)O)S(=O)(=O)N1CCCC1CCO. The van der Waals surface area contributed by atoms with Crippen LogP contribution in [0.2, 0.25) is 0 Å². The van der Waals surface area contributed by atoms with Gasteiger partial charge in [0, 0.05) is 32.8 Å². The van der Waals surface area contributed by atoms with Crippen LogP contribution in [0.5, 0.6) is 0 Å². The monoisotopic (exact) mass is 280 g/mol. The molecule has 0 radical (unpaired) electrons. The van der Waals surface area contributed by atoms with Crippen LogP contribution < -0.4 is 0 Å². The van der Waals surface area contributed by atoms with Gasteiger partial charge >= 0.3 is 5.97 Å². The van der Waals surface area contributed by atoms with Gasteiger partial charge in [-0.2, -0.15) is 17.0 Å². The van der Waals surface area contributed by atoms with E-state index < -0.39 is 16.2 Å². The molecular formula is C10H20N2O5S. The highest BCUT2D eigenvalue weighted by Gasteiger charge is 2.36. The van der Waals surface area contributed by atoms with Crippen molar-refractivity contribution in [1.29, 1.82) is 0 Å². The predicted octanol–water partition coefficient (Wildman–Crippen LogP) is -0.515. The Labute approximate surface area is 107 Å². The van der Waals surface area contributed by atoms with E-state index in [4.69, 9.17) is 10.2 Å². The first-order valence-corrected chi connectivity index (χ1v) is 7.35. The molecule has 1 aliphatic heterocycles. The van der Waals surface area contributed by atoms with Crippen molar-refractivity contribution in [2.45, 2.75) is 31.7 Å². The zero-order valence-corrected chi connectivity index (χ0v) is 11.3. The Morgan fingerprint density at radius 3 is 2.72 bits per heavy atom. The molecule has 7 nitrogen and oxygen atoms in total. The average Bonchev–Trinajstić information content (AvgIpc) is 2.75. The first-order valence-electron chi connectivity index (χ1n) is 5.95. The summed E-state index contributed by atoms with van der Waals surface area (Å²) in [5, 5.41) is 17.5. The van der Waals surface area contributed by atoms with Crippen molar-refractivity contribution >= 4 is 16.2 Å². The van der Waals surface area contributed by atoms with E-state index in [2.05, 4.69) is 0 Å². The molecule has 1 saturated heterocycles. The van der Waals surface area contributed by atoms with Crippen LogP contribution in [-0.2, 0) is 15.0 Å². The zero-order valence-electron chi connectivity index (χ0n) is 10.4. The van der Waals surface area contributed by atoms with Gasteiger partial charge in [-0.3, -0.25) is 4.79 Å². The number of hydrogen-bond donors (Lipinski definition) is 2. The summed E-state index contributed by atoms with van der Waals surface area (Å²) in [4.78, 5) is 10.5. The molecule has 0 spiro atoms. The predicted molar refractivity (Wildman–Crippen MR) is 65.2 cm³/mol. The molecule has 8 heteroatoms. The van der Waals surface area contributed by atoms with Crippen molar-refractivity contribution in [1.82, 2.24) is 8.61 Å². The molecular weight excluding hydrogens is 260 g/mol. The number of carbonyl (C=O) groups is 1. The van der Waals surface area contributed by atoms with Gasteiger partial charge in [-0.25, -0.2) is 0 Å². The van der Waals surface area contributed by atoms with Crippen LogP contribution in [0.3, 0.4) is 0 Å². The smallest absolute Gasteiger partial charge is 0.304 e. The van der Waals surface area contributed by atoms with E-state index in [1.165, 1.54) is 11.4 Å². The van der Waals surface area contributed by atoms with Gasteiger partial charge in [-0.15, -0.1) is 0 Å². The fourth-order valence-electron chi connectivity index (χ4n) is 2.10. The molecule has 0 saturated carbocycles. The number of aliphatic hydroxyl groups is 1. The summed E-state index contributed by atoms with van der Waals surface area (Å²) >= 11 is 0. The van der Waals surface area contributed by atoms with Crippen LogP contribution in [-0.4, -0.2) is 66.0 Å². The lowest BCUT2D eigenvalue weighted by atomic mass is 10.2.